The lowest BCUT2D eigenvalue weighted by atomic mass is 9.98. The molecular weight excluding hydrogens is 270 g/mol. The second-order valence-electron chi connectivity index (χ2n) is 5.60. The highest BCUT2D eigenvalue weighted by atomic mass is 16.1. The Kier molecular flexibility index (Phi) is 8.85. The van der Waals surface area contributed by atoms with Crippen LogP contribution in [0.3, 0.4) is 0 Å². The number of hydrogen-bond acceptors (Lipinski definition) is 2. The number of aldehydes is 1. The first-order valence-corrected chi connectivity index (χ1v) is 7.92. The van der Waals surface area contributed by atoms with Gasteiger partial charge in [0.1, 0.15) is 6.29 Å². The average Bonchev–Trinajstić information content (AvgIpc) is 2.57. The lowest BCUT2D eigenvalue weighted by Crippen LogP contribution is -2.04. The fourth-order valence-electron chi connectivity index (χ4n) is 2.26. The van der Waals surface area contributed by atoms with E-state index in [1.54, 1.807) is 0 Å². The summed E-state index contributed by atoms with van der Waals surface area (Å²) in [6, 6.07) is 20.6. The third kappa shape index (κ3) is 6.68. The maximum absolute atomic E-state index is 10.2. The van der Waals surface area contributed by atoms with E-state index in [1.165, 1.54) is 11.1 Å². The summed E-state index contributed by atoms with van der Waals surface area (Å²) in [7, 11) is 0. The zero-order valence-electron chi connectivity index (χ0n) is 13.6. The summed E-state index contributed by atoms with van der Waals surface area (Å²) in [5.74, 6) is 0.954. The van der Waals surface area contributed by atoms with Gasteiger partial charge in [-0.2, -0.15) is 0 Å². The summed E-state index contributed by atoms with van der Waals surface area (Å²) < 4.78 is 0. The highest BCUT2D eigenvalue weighted by Gasteiger charge is 2.02. The van der Waals surface area contributed by atoms with E-state index in [0.717, 1.165) is 19.3 Å². The summed E-state index contributed by atoms with van der Waals surface area (Å²) in [5, 5.41) is 0. The Hall–Kier alpha value is -1.93. The summed E-state index contributed by atoms with van der Waals surface area (Å²) in [5.41, 5.74) is 8.09. The predicted molar refractivity (Wildman–Crippen MR) is 94.1 cm³/mol. The van der Waals surface area contributed by atoms with Crippen LogP contribution < -0.4 is 5.73 Å². The fraction of sp³-hybridized carbons (Fsp3) is 0.350. The molecule has 0 saturated carbocycles. The Balaban J connectivity index is 0.000000220. The number of nitrogens with two attached hydrogens (primary N) is 1. The minimum Gasteiger partial charge on any atom is -0.330 e. The van der Waals surface area contributed by atoms with Crippen LogP contribution in [0.25, 0.3) is 0 Å². The van der Waals surface area contributed by atoms with Crippen molar-refractivity contribution in [3.8, 4) is 0 Å². The summed E-state index contributed by atoms with van der Waals surface area (Å²) in [6.45, 7) is 5.04. The maximum atomic E-state index is 10.2. The Morgan fingerprint density at radius 2 is 1.32 bits per heavy atom. The van der Waals surface area contributed by atoms with E-state index < -0.39 is 0 Å². The molecule has 22 heavy (non-hydrogen) atoms. The van der Waals surface area contributed by atoms with Crippen LogP contribution in [-0.2, 0) is 4.79 Å². The van der Waals surface area contributed by atoms with Gasteiger partial charge < -0.3 is 10.5 Å². The molecule has 0 spiro atoms. The largest absolute Gasteiger partial charge is 0.330 e. The van der Waals surface area contributed by atoms with Crippen LogP contribution in [0.2, 0.25) is 0 Å². The molecule has 0 aliphatic heterocycles. The predicted octanol–water partition coefficient (Wildman–Crippen LogP) is 4.52. The summed E-state index contributed by atoms with van der Waals surface area (Å²) >= 11 is 0. The molecule has 2 aromatic rings. The van der Waals surface area contributed by atoms with Gasteiger partial charge in [0.15, 0.2) is 0 Å². The highest BCUT2D eigenvalue weighted by molar-refractivity contribution is 5.51. The van der Waals surface area contributed by atoms with Gasteiger partial charge >= 0.3 is 0 Å². The van der Waals surface area contributed by atoms with Gasteiger partial charge in [0.25, 0.3) is 0 Å². The quantitative estimate of drug-likeness (QED) is 0.797. The molecule has 0 aliphatic carbocycles. The number of carbonyl (C=O) groups is 1. The van der Waals surface area contributed by atoms with Crippen molar-refractivity contribution in [3.05, 3.63) is 71.8 Å². The molecule has 2 N–H and O–H groups in total. The molecule has 0 fully saturated rings. The van der Waals surface area contributed by atoms with Gasteiger partial charge in [-0.05, 0) is 35.9 Å². The van der Waals surface area contributed by atoms with Crippen LogP contribution in [0.15, 0.2) is 60.7 Å². The average molecular weight is 297 g/mol. The first kappa shape index (κ1) is 18.1. The van der Waals surface area contributed by atoms with E-state index in [9.17, 15) is 4.79 Å². The first-order valence-electron chi connectivity index (χ1n) is 7.92. The van der Waals surface area contributed by atoms with Gasteiger partial charge in [0.2, 0.25) is 0 Å². The van der Waals surface area contributed by atoms with E-state index in [0.29, 0.717) is 18.3 Å². The maximum Gasteiger partial charge on any atom is 0.120 e. The van der Waals surface area contributed by atoms with Crippen molar-refractivity contribution in [2.45, 2.75) is 38.5 Å². The minimum absolute atomic E-state index is 0.355. The van der Waals surface area contributed by atoms with Crippen molar-refractivity contribution < 1.29 is 4.79 Å². The van der Waals surface area contributed by atoms with Gasteiger partial charge in [-0.3, -0.25) is 0 Å². The Labute approximate surface area is 134 Å². The van der Waals surface area contributed by atoms with Gasteiger partial charge in [0, 0.05) is 6.42 Å². The zero-order valence-corrected chi connectivity index (χ0v) is 13.6. The lowest BCUT2D eigenvalue weighted by molar-refractivity contribution is -0.108. The molecule has 2 rings (SSSR count). The SMILES string of the molecule is CC(CC=O)c1ccccc1.CC(CCN)c1ccccc1. The van der Waals surface area contributed by atoms with Crippen LogP contribution in [-0.4, -0.2) is 12.8 Å². The molecule has 2 nitrogen and oxygen atoms in total. The molecule has 2 unspecified atom stereocenters. The number of hydrogen-bond donors (Lipinski definition) is 1. The molecule has 0 saturated heterocycles. The van der Waals surface area contributed by atoms with Crippen LogP contribution >= 0.6 is 0 Å². The van der Waals surface area contributed by atoms with Crippen LogP contribution in [0, 0.1) is 0 Å². The monoisotopic (exact) mass is 297 g/mol. The summed E-state index contributed by atoms with van der Waals surface area (Å²) in [6.07, 6.45) is 2.66. The minimum atomic E-state index is 0.355. The van der Waals surface area contributed by atoms with Crippen molar-refractivity contribution >= 4 is 6.29 Å². The number of benzene rings is 2. The number of rotatable bonds is 6. The van der Waals surface area contributed by atoms with Crippen molar-refractivity contribution in [1.82, 2.24) is 0 Å². The molecule has 0 radical (unpaired) electrons. The van der Waals surface area contributed by atoms with Crippen molar-refractivity contribution in [2.75, 3.05) is 6.54 Å². The van der Waals surface area contributed by atoms with Crippen molar-refractivity contribution in [3.63, 3.8) is 0 Å². The van der Waals surface area contributed by atoms with Gasteiger partial charge in [-0.25, -0.2) is 0 Å². The second kappa shape index (κ2) is 10.7. The normalized spacial score (nSPS) is 12.7. The van der Waals surface area contributed by atoms with E-state index >= 15 is 0 Å². The van der Waals surface area contributed by atoms with E-state index in [2.05, 4.69) is 38.1 Å². The molecule has 0 bridgehead atoms. The highest BCUT2D eigenvalue weighted by Crippen LogP contribution is 2.17. The van der Waals surface area contributed by atoms with Gasteiger partial charge in [-0.15, -0.1) is 0 Å². The molecule has 0 aromatic heterocycles. The van der Waals surface area contributed by atoms with Crippen LogP contribution in [0.4, 0.5) is 0 Å². The van der Waals surface area contributed by atoms with E-state index in [1.807, 2.05) is 36.4 Å². The lowest BCUT2D eigenvalue weighted by Gasteiger charge is -2.08. The molecule has 2 heteroatoms. The molecule has 2 aromatic carbocycles. The molecule has 0 amide bonds. The topological polar surface area (TPSA) is 43.1 Å². The van der Waals surface area contributed by atoms with Crippen LogP contribution in [0.1, 0.15) is 49.7 Å². The van der Waals surface area contributed by atoms with E-state index in [4.69, 9.17) is 5.73 Å². The smallest absolute Gasteiger partial charge is 0.120 e. The van der Waals surface area contributed by atoms with E-state index in [-0.39, 0.29) is 0 Å². The van der Waals surface area contributed by atoms with Gasteiger partial charge in [-0.1, -0.05) is 74.5 Å². The summed E-state index contributed by atoms with van der Waals surface area (Å²) in [4.78, 5) is 10.2. The molecule has 0 heterocycles. The second-order valence-corrected chi connectivity index (χ2v) is 5.60. The Morgan fingerprint density at radius 1 is 0.864 bits per heavy atom. The number of carbonyl (C=O) groups excluding carboxylic acids is 1. The molecule has 118 valence electrons. The third-order valence-corrected chi connectivity index (χ3v) is 3.79. The standard InChI is InChI=1S/C10H15N.C10H12O/c2*1-9(7-8-11)10-5-3-2-4-6-10/h2-6,9H,7-8,11H2,1H3;2-6,8-9H,7H2,1H3. The van der Waals surface area contributed by atoms with Gasteiger partial charge in [0.05, 0.1) is 0 Å². The molecular formula is C20H27NO. The molecule has 0 aliphatic rings. The van der Waals surface area contributed by atoms with Crippen molar-refractivity contribution in [2.24, 2.45) is 5.73 Å². The fourth-order valence-corrected chi connectivity index (χ4v) is 2.26. The Bertz CT molecular complexity index is 510. The van der Waals surface area contributed by atoms with Crippen LogP contribution in [0.5, 0.6) is 0 Å². The zero-order chi connectivity index (χ0) is 16.2. The molecule has 2 atom stereocenters. The first-order chi connectivity index (χ1) is 10.7. The van der Waals surface area contributed by atoms with Crippen molar-refractivity contribution in [1.29, 1.82) is 0 Å². The third-order valence-electron chi connectivity index (χ3n) is 3.79. The Morgan fingerprint density at radius 3 is 1.73 bits per heavy atom.